The van der Waals surface area contributed by atoms with E-state index in [0.29, 0.717) is 17.9 Å². The Morgan fingerprint density at radius 3 is 2.50 bits per heavy atom. The molecule has 0 bridgehead atoms. The summed E-state index contributed by atoms with van der Waals surface area (Å²) in [4.78, 5) is 18.9. The molecular weight excluding hydrogens is 351 g/mol. The Labute approximate surface area is 155 Å². The molecule has 1 aromatic rings. The van der Waals surface area contributed by atoms with Gasteiger partial charge in [-0.3, -0.25) is 9.69 Å². The number of ether oxygens (including phenoxy) is 1. The molecule has 2 heterocycles. The fraction of sp³-hybridized carbons (Fsp3) is 0.625. The third-order valence-corrected chi connectivity index (χ3v) is 4.78. The van der Waals surface area contributed by atoms with Crippen LogP contribution in [0.1, 0.15) is 32.1 Å². The van der Waals surface area contributed by atoms with Gasteiger partial charge in [-0.15, -0.1) is 24.8 Å². The molecule has 0 atom stereocenters. The highest BCUT2D eigenvalue weighted by atomic mass is 35.5. The Hall–Kier alpha value is -1.08. The maximum absolute atomic E-state index is 12.5. The van der Waals surface area contributed by atoms with Crippen LogP contribution in [-0.4, -0.2) is 47.6 Å². The molecule has 1 saturated carbocycles. The number of pyridine rings is 1. The molecule has 3 rings (SSSR count). The largest absolute Gasteiger partial charge is 0.384 e. The summed E-state index contributed by atoms with van der Waals surface area (Å²) in [5, 5.41) is 2.94. The number of morpholine rings is 1. The Kier molecular flexibility index (Phi) is 8.22. The lowest BCUT2D eigenvalue weighted by Gasteiger charge is -2.43. The lowest BCUT2D eigenvalue weighted by Crippen LogP contribution is -2.53. The van der Waals surface area contributed by atoms with Crippen LogP contribution in [0.3, 0.4) is 0 Å². The zero-order valence-corrected chi connectivity index (χ0v) is 15.3. The number of nitrogens with one attached hydrogen (secondary N) is 1. The summed E-state index contributed by atoms with van der Waals surface area (Å²) in [5.74, 6) is 0.513. The van der Waals surface area contributed by atoms with Crippen LogP contribution in [0.2, 0.25) is 0 Å². The van der Waals surface area contributed by atoms with Gasteiger partial charge in [0.1, 0.15) is 5.82 Å². The van der Waals surface area contributed by atoms with Crippen LogP contribution in [0.15, 0.2) is 18.3 Å². The van der Waals surface area contributed by atoms with Gasteiger partial charge in [-0.1, -0.05) is 12.8 Å². The predicted molar refractivity (Wildman–Crippen MR) is 100.0 cm³/mol. The van der Waals surface area contributed by atoms with E-state index in [1.807, 2.05) is 0 Å². The molecule has 8 heteroatoms. The second-order valence-corrected chi connectivity index (χ2v) is 6.23. The highest BCUT2D eigenvalue weighted by Gasteiger charge is 2.41. The second kappa shape index (κ2) is 9.42. The molecule has 24 heavy (non-hydrogen) atoms. The van der Waals surface area contributed by atoms with Crippen molar-refractivity contribution in [2.75, 3.05) is 37.4 Å². The van der Waals surface area contributed by atoms with Crippen LogP contribution in [0.5, 0.6) is 0 Å². The van der Waals surface area contributed by atoms with Crippen molar-refractivity contribution < 1.29 is 9.53 Å². The minimum atomic E-state index is 0. The van der Waals surface area contributed by atoms with Crippen molar-refractivity contribution in [2.45, 2.75) is 37.6 Å². The van der Waals surface area contributed by atoms with Crippen LogP contribution < -0.4 is 11.1 Å². The van der Waals surface area contributed by atoms with Crippen LogP contribution in [0.4, 0.5) is 11.5 Å². The number of carbonyl (C=O) groups is 1. The van der Waals surface area contributed by atoms with Crippen molar-refractivity contribution in [1.82, 2.24) is 9.88 Å². The normalized spacial score (nSPS) is 19.8. The van der Waals surface area contributed by atoms with Gasteiger partial charge in [-0.05, 0) is 25.0 Å². The van der Waals surface area contributed by atoms with Gasteiger partial charge in [0.05, 0.1) is 25.1 Å². The summed E-state index contributed by atoms with van der Waals surface area (Å²) in [5.41, 5.74) is 6.28. The molecule has 0 spiro atoms. The molecule has 1 aliphatic heterocycles. The Balaban J connectivity index is 0.00000144. The molecule has 1 amide bonds. The average Bonchev–Trinajstić information content (AvgIpc) is 3.00. The minimum absolute atomic E-state index is 0. The van der Waals surface area contributed by atoms with E-state index >= 15 is 0 Å². The summed E-state index contributed by atoms with van der Waals surface area (Å²) in [6.07, 6.45) is 6.74. The number of aromatic nitrogens is 1. The van der Waals surface area contributed by atoms with E-state index in [0.717, 1.165) is 39.1 Å². The number of nitrogens with two attached hydrogens (primary N) is 1. The molecule has 0 radical (unpaired) electrons. The van der Waals surface area contributed by atoms with Gasteiger partial charge in [-0.25, -0.2) is 4.98 Å². The molecule has 3 N–H and O–H groups in total. The van der Waals surface area contributed by atoms with E-state index < -0.39 is 0 Å². The van der Waals surface area contributed by atoms with Crippen LogP contribution in [-0.2, 0) is 9.53 Å². The van der Waals surface area contributed by atoms with Gasteiger partial charge in [-0.2, -0.15) is 0 Å². The van der Waals surface area contributed by atoms with Crippen LogP contribution in [0.25, 0.3) is 0 Å². The summed E-state index contributed by atoms with van der Waals surface area (Å²) < 4.78 is 5.45. The zero-order valence-electron chi connectivity index (χ0n) is 13.7. The summed E-state index contributed by atoms with van der Waals surface area (Å²) in [7, 11) is 0. The molecule has 2 aliphatic rings. The van der Waals surface area contributed by atoms with E-state index in [1.165, 1.54) is 12.8 Å². The first kappa shape index (κ1) is 21.0. The number of halogens is 2. The summed E-state index contributed by atoms with van der Waals surface area (Å²) >= 11 is 0. The van der Waals surface area contributed by atoms with Gasteiger partial charge in [0.25, 0.3) is 0 Å². The number of nitrogen functional groups attached to an aromatic ring is 1. The maximum atomic E-state index is 12.5. The van der Waals surface area contributed by atoms with Gasteiger partial charge < -0.3 is 15.8 Å². The van der Waals surface area contributed by atoms with Crippen molar-refractivity contribution >= 4 is 42.2 Å². The van der Waals surface area contributed by atoms with Crippen molar-refractivity contribution in [3.63, 3.8) is 0 Å². The topological polar surface area (TPSA) is 80.5 Å². The predicted octanol–water partition coefficient (Wildman–Crippen LogP) is 2.48. The first-order valence-corrected chi connectivity index (χ1v) is 8.02. The fourth-order valence-corrected chi connectivity index (χ4v) is 3.66. The first-order chi connectivity index (χ1) is 10.7. The Morgan fingerprint density at radius 2 is 1.92 bits per heavy atom. The number of nitrogens with zero attached hydrogens (tertiary/aromatic N) is 2. The summed E-state index contributed by atoms with van der Waals surface area (Å²) in [6, 6.07) is 3.49. The quantitative estimate of drug-likeness (QED) is 0.843. The lowest BCUT2D eigenvalue weighted by atomic mass is 9.90. The van der Waals surface area contributed by atoms with E-state index in [2.05, 4.69) is 15.2 Å². The number of amides is 1. The Bertz CT molecular complexity index is 515. The number of carbonyl (C=O) groups excluding carboxylic acids is 1. The van der Waals surface area contributed by atoms with Gasteiger partial charge in [0.2, 0.25) is 5.91 Å². The van der Waals surface area contributed by atoms with Crippen molar-refractivity contribution in [1.29, 1.82) is 0 Å². The van der Waals surface area contributed by atoms with Gasteiger partial charge in [0, 0.05) is 25.0 Å². The average molecular weight is 377 g/mol. The zero-order chi connectivity index (χ0) is 15.4. The third-order valence-electron chi connectivity index (χ3n) is 4.78. The maximum Gasteiger partial charge on any atom is 0.226 e. The first-order valence-electron chi connectivity index (χ1n) is 8.02. The molecule has 1 aliphatic carbocycles. The smallest absolute Gasteiger partial charge is 0.226 e. The Morgan fingerprint density at radius 1 is 1.25 bits per heavy atom. The molecule has 6 nitrogen and oxygen atoms in total. The SMILES string of the molecule is Cl.Cl.Nc1ccc(NC(=O)CC2(N3CCOCC3)CCCC2)cn1. The van der Waals surface area contributed by atoms with E-state index in [-0.39, 0.29) is 36.3 Å². The molecule has 1 saturated heterocycles. The molecule has 136 valence electrons. The molecule has 2 fully saturated rings. The standard InChI is InChI=1S/C16H24N4O2.2ClH/c17-14-4-3-13(12-18-14)19-15(21)11-16(5-1-2-6-16)20-7-9-22-10-8-20;;/h3-4,12H,1-2,5-11H2,(H2,17,18)(H,19,21);2*1H. The molecular formula is C16H26Cl2N4O2. The van der Waals surface area contributed by atoms with E-state index in [4.69, 9.17) is 10.5 Å². The van der Waals surface area contributed by atoms with Gasteiger partial charge in [0.15, 0.2) is 0 Å². The fourth-order valence-electron chi connectivity index (χ4n) is 3.66. The molecule has 0 unspecified atom stereocenters. The summed E-state index contributed by atoms with van der Waals surface area (Å²) in [6.45, 7) is 3.39. The van der Waals surface area contributed by atoms with Crippen molar-refractivity contribution in [3.8, 4) is 0 Å². The highest BCUT2D eigenvalue weighted by molar-refractivity contribution is 5.91. The third kappa shape index (κ3) is 4.96. The van der Waals surface area contributed by atoms with Crippen LogP contribution >= 0.6 is 24.8 Å². The second-order valence-electron chi connectivity index (χ2n) is 6.23. The van der Waals surface area contributed by atoms with Crippen LogP contribution in [0, 0.1) is 0 Å². The van der Waals surface area contributed by atoms with E-state index in [1.54, 1.807) is 18.3 Å². The van der Waals surface area contributed by atoms with Crippen molar-refractivity contribution in [3.05, 3.63) is 18.3 Å². The monoisotopic (exact) mass is 376 g/mol. The molecule has 0 aromatic carbocycles. The number of rotatable bonds is 4. The highest BCUT2D eigenvalue weighted by Crippen LogP contribution is 2.38. The number of anilines is 2. The number of hydrogen-bond donors (Lipinski definition) is 2. The lowest BCUT2D eigenvalue weighted by molar-refractivity contribution is -0.120. The van der Waals surface area contributed by atoms with E-state index in [9.17, 15) is 4.79 Å². The number of hydrogen-bond acceptors (Lipinski definition) is 5. The minimum Gasteiger partial charge on any atom is -0.384 e. The van der Waals surface area contributed by atoms with Gasteiger partial charge >= 0.3 is 0 Å². The van der Waals surface area contributed by atoms with Crippen molar-refractivity contribution in [2.24, 2.45) is 0 Å². The molecule has 1 aromatic heterocycles.